The van der Waals surface area contributed by atoms with E-state index in [1.54, 1.807) is 7.11 Å². The van der Waals surface area contributed by atoms with Crippen molar-refractivity contribution in [1.29, 1.82) is 0 Å². The van der Waals surface area contributed by atoms with Crippen LogP contribution >= 0.6 is 0 Å². The summed E-state index contributed by atoms with van der Waals surface area (Å²) < 4.78 is 5.12. The Hall–Kier alpha value is -0.120. The molecule has 2 unspecified atom stereocenters. The summed E-state index contributed by atoms with van der Waals surface area (Å²) >= 11 is 0. The molecule has 1 rings (SSSR count). The van der Waals surface area contributed by atoms with Gasteiger partial charge in [-0.15, -0.1) is 0 Å². The fourth-order valence-electron chi connectivity index (χ4n) is 1.15. The van der Waals surface area contributed by atoms with Gasteiger partial charge in [-0.25, -0.2) is 0 Å². The highest BCUT2D eigenvalue weighted by atomic mass is 16.5. The zero-order valence-electron chi connectivity index (χ0n) is 5.76. The first-order valence-corrected chi connectivity index (χ1v) is 3.36. The van der Waals surface area contributed by atoms with E-state index >= 15 is 0 Å². The third-order valence-electron chi connectivity index (χ3n) is 1.75. The first-order chi connectivity index (χ1) is 4.34. The van der Waals surface area contributed by atoms with E-state index in [1.807, 2.05) is 0 Å². The second-order valence-electron chi connectivity index (χ2n) is 2.40. The highest BCUT2D eigenvalue weighted by Crippen LogP contribution is 2.07. The van der Waals surface area contributed by atoms with Crippen molar-refractivity contribution in [3.8, 4) is 0 Å². The van der Waals surface area contributed by atoms with Crippen LogP contribution < -0.4 is 11.1 Å². The van der Waals surface area contributed by atoms with E-state index in [4.69, 9.17) is 10.5 Å². The number of hydrogen-bond acceptors (Lipinski definition) is 3. The SMILES string of the molecule is COC1CCCNC1N. The molecule has 1 heterocycles. The summed E-state index contributed by atoms with van der Waals surface area (Å²) in [6, 6.07) is 0. The maximum absolute atomic E-state index is 5.65. The lowest BCUT2D eigenvalue weighted by Gasteiger charge is -2.28. The largest absolute Gasteiger partial charge is 0.378 e. The van der Waals surface area contributed by atoms with Gasteiger partial charge in [0.25, 0.3) is 0 Å². The molecular formula is C6H14N2O. The average molecular weight is 130 g/mol. The molecule has 0 spiro atoms. The standard InChI is InChI=1S/C6H14N2O/c1-9-5-3-2-4-8-6(5)7/h5-6,8H,2-4,7H2,1H3. The van der Waals surface area contributed by atoms with Crippen molar-refractivity contribution >= 4 is 0 Å². The van der Waals surface area contributed by atoms with Crippen LogP contribution in [0.4, 0.5) is 0 Å². The van der Waals surface area contributed by atoms with Gasteiger partial charge in [0.05, 0.1) is 12.3 Å². The van der Waals surface area contributed by atoms with Gasteiger partial charge in [0.15, 0.2) is 0 Å². The quantitative estimate of drug-likeness (QED) is 0.511. The summed E-state index contributed by atoms with van der Waals surface area (Å²) in [5.41, 5.74) is 5.65. The third kappa shape index (κ3) is 1.64. The Bertz CT molecular complexity index is 87.1. The van der Waals surface area contributed by atoms with Gasteiger partial charge in [-0.1, -0.05) is 0 Å². The number of methoxy groups -OCH3 is 1. The molecular weight excluding hydrogens is 116 g/mol. The molecule has 3 heteroatoms. The normalized spacial score (nSPS) is 36.7. The van der Waals surface area contributed by atoms with Gasteiger partial charge < -0.3 is 10.5 Å². The van der Waals surface area contributed by atoms with Gasteiger partial charge in [0, 0.05) is 7.11 Å². The second kappa shape index (κ2) is 3.15. The third-order valence-corrected chi connectivity index (χ3v) is 1.75. The zero-order valence-corrected chi connectivity index (χ0v) is 5.76. The molecule has 0 bridgehead atoms. The molecule has 0 saturated carbocycles. The number of nitrogens with two attached hydrogens (primary N) is 1. The van der Waals surface area contributed by atoms with Crippen molar-refractivity contribution in [2.45, 2.75) is 25.1 Å². The van der Waals surface area contributed by atoms with Crippen LogP contribution in [0.15, 0.2) is 0 Å². The van der Waals surface area contributed by atoms with Crippen molar-refractivity contribution in [3.05, 3.63) is 0 Å². The average Bonchev–Trinajstić information content (AvgIpc) is 1.89. The van der Waals surface area contributed by atoms with E-state index in [1.165, 1.54) is 6.42 Å². The Kier molecular flexibility index (Phi) is 2.45. The van der Waals surface area contributed by atoms with Crippen molar-refractivity contribution < 1.29 is 4.74 Å². The molecule has 0 radical (unpaired) electrons. The van der Waals surface area contributed by atoms with E-state index in [2.05, 4.69) is 5.32 Å². The maximum Gasteiger partial charge on any atom is 0.0854 e. The molecule has 0 amide bonds. The number of nitrogens with one attached hydrogen (secondary N) is 1. The monoisotopic (exact) mass is 130 g/mol. The summed E-state index contributed by atoms with van der Waals surface area (Å²) in [5, 5.41) is 3.14. The smallest absolute Gasteiger partial charge is 0.0854 e. The Balaban J connectivity index is 2.30. The topological polar surface area (TPSA) is 47.3 Å². The lowest BCUT2D eigenvalue weighted by atomic mass is 10.1. The first-order valence-electron chi connectivity index (χ1n) is 3.36. The summed E-state index contributed by atoms with van der Waals surface area (Å²) in [6.45, 7) is 1.03. The fourth-order valence-corrected chi connectivity index (χ4v) is 1.15. The van der Waals surface area contributed by atoms with Crippen LogP contribution in [0.3, 0.4) is 0 Å². The van der Waals surface area contributed by atoms with Crippen LogP contribution in [-0.2, 0) is 4.74 Å². The van der Waals surface area contributed by atoms with E-state index in [0.717, 1.165) is 13.0 Å². The summed E-state index contributed by atoms with van der Waals surface area (Å²) in [5.74, 6) is 0. The van der Waals surface area contributed by atoms with Crippen LogP contribution in [0.5, 0.6) is 0 Å². The summed E-state index contributed by atoms with van der Waals surface area (Å²) in [4.78, 5) is 0. The van der Waals surface area contributed by atoms with Gasteiger partial charge >= 0.3 is 0 Å². The lowest BCUT2D eigenvalue weighted by molar-refractivity contribution is 0.0476. The van der Waals surface area contributed by atoms with Crippen LogP contribution in [0.1, 0.15) is 12.8 Å². The first kappa shape index (κ1) is 6.99. The highest BCUT2D eigenvalue weighted by Gasteiger charge is 2.19. The van der Waals surface area contributed by atoms with E-state index in [0.29, 0.717) is 0 Å². The molecule has 1 aliphatic rings. The van der Waals surface area contributed by atoms with Crippen LogP contribution in [-0.4, -0.2) is 25.9 Å². The molecule has 9 heavy (non-hydrogen) atoms. The van der Waals surface area contributed by atoms with Gasteiger partial charge in [-0.2, -0.15) is 0 Å². The Morgan fingerprint density at radius 2 is 2.44 bits per heavy atom. The molecule has 3 nitrogen and oxygen atoms in total. The molecule has 1 aliphatic heterocycles. The molecule has 1 saturated heterocycles. The molecule has 0 aliphatic carbocycles. The molecule has 0 aromatic carbocycles. The Morgan fingerprint density at radius 3 is 2.89 bits per heavy atom. The van der Waals surface area contributed by atoms with Gasteiger partial charge in [-0.05, 0) is 19.4 Å². The summed E-state index contributed by atoms with van der Waals surface area (Å²) in [7, 11) is 1.71. The molecule has 1 fully saturated rings. The van der Waals surface area contributed by atoms with Gasteiger partial charge in [0.2, 0.25) is 0 Å². The molecule has 0 aromatic heterocycles. The highest BCUT2D eigenvalue weighted by molar-refractivity contribution is 4.76. The minimum Gasteiger partial charge on any atom is -0.378 e. The van der Waals surface area contributed by atoms with E-state index < -0.39 is 0 Å². The fraction of sp³-hybridized carbons (Fsp3) is 1.00. The predicted molar refractivity (Wildman–Crippen MR) is 36.0 cm³/mol. The molecule has 3 N–H and O–H groups in total. The number of ether oxygens (including phenoxy) is 1. The molecule has 54 valence electrons. The number of hydrogen-bond donors (Lipinski definition) is 2. The molecule has 0 aromatic rings. The Morgan fingerprint density at radius 1 is 1.67 bits per heavy atom. The maximum atomic E-state index is 5.65. The van der Waals surface area contributed by atoms with Crippen LogP contribution in [0, 0.1) is 0 Å². The second-order valence-corrected chi connectivity index (χ2v) is 2.40. The van der Waals surface area contributed by atoms with Crippen LogP contribution in [0.25, 0.3) is 0 Å². The van der Waals surface area contributed by atoms with Gasteiger partial charge in [0.1, 0.15) is 0 Å². The van der Waals surface area contributed by atoms with Crippen molar-refractivity contribution in [1.82, 2.24) is 5.32 Å². The van der Waals surface area contributed by atoms with E-state index in [9.17, 15) is 0 Å². The minimum absolute atomic E-state index is 0.0451. The van der Waals surface area contributed by atoms with Crippen molar-refractivity contribution in [2.75, 3.05) is 13.7 Å². The van der Waals surface area contributed by atoms with E-state index in [-0.39, 0.29) is 12.3 Å². The number of piperidine rings is 1. The zero-order chi connectivity index (χ0) is 6.69. The van der Waals surface area contributed by atoms with Crippen molar-refractivity contribution in [3.63, 3.8) is 0 Å². The number of rotatable bonds is 1. The van der Waals surface area contributed by atoms with Crippen molar-refractivity contribution in [2.24, 2.45) is 5.73 Å². The minimum atomic E-state index is 0.0451. The Labute approximate surface area is 55.6 Å². The van der Waals surface area contributed by atoms with Gasteiger partial charge in [-0.3, -0.25) is 5.32 Å². The van der Waals surface area contributed by atoms with Crippen LogP contribution in [0.2, 0.25) is 0 Å². The lowest BCUT2D eigenvalue weighted by Crippen LogP contribution is -2.51. The summed E-state index contributed by atoms with van der Waals surface area (Å²) in [6.07, 6.45) is 2.53. The predicted octanol–water partition coefficient (Wildman–Crippen LogP) is -0.330. The molecule has 2 atom stereocenters.